The van der Waals surface area contributed by atoms with E-state index in [0.29, 0.717) is 0 Å². The number of carbonyl (C=O) groups excluding carboxylic acids is 3. The highest BCUT2D eigenvalue weighted by atomic mass is 16.5. The van der Waals surface area contributed by atoms with Crippen molar-refractivity contribution in [1.82, 2.24) is 9.97 Å². The van der Waals surface area contributed by atoms with Crippen LogP contribution in [-0.2, 0) is 29.5 Å². The molecule has 0 aromatic carbocycles. The zero-order valence-electron chi connectivity index (χ0n) is 14.6. The van der Waals surface area contributed by atoms with Gasteiger partial charge in [-0.05, 0) is 24.3 Å². The van der Waals surface area contributed by atoms with E-state index in [1.54, 1.807) is 24.3 Å². The van der Waals surface area contributed by atoms with Crippen LogP contribution in [0, 0.1) is 5.92 Å². The van der Waals surface area contributed by atoms with Crippen LogP contribution in [0.1, 0.15) is 11.4 Å². The fourth-order valence-electron chi connectivity index (χ4n) is 3.19. The van der Waals surface area contributed by atoms with Gasteiger partial charge in [0.15, 0.2) is 17.3 Å². The van der Waals surface area contributed by atoms with E-state index in [1.807, 2.05) is 0 Å². The van der Waals surface area contributed by atoms with Gasteiger partial charge in [-0.1, -0.05) is 12.1 Å². The molecule has 0 amide bonds. The Kier molecular flexibility index (Phi) is 4.83. The van der Waals surface area contributed by atoms with Crippen molar-refractivity contribution in [2.75, 3.05) is 14.2 Å². The highest BCUT2D eigenvalue weighted by Gasteiger charge is 2.61. The summed E-state index contributed by atoms with van der Waals surface area (Å²) in [7, 11) is 2.19. The Morgan fingerprint density at radius 3 is 2.22 bits per heavy atom. The smallest absolute Gasteiger partial charge is 0.342 e. The molecule has 0 aliphatic heterocycles. The highest BCUT2D eigenvalue weighted by Crippen LogP contribution is 2.50. The summed E-state index contributed by atoms with van der Waals surface area (Å²) in [4.78, 5) is 46.0. The van der Waals surface area contributed by atoms with E-state index in [-0.39, 0.29) is 17.0 Å². The molecule has 2 heterocycles. The van der Waals surface area contributed by atoms with Crippen LogP contribution >= 0.6 is 0 Å². The molecule has 0 bridgehead atoms. The second kappa shape index (κ2) is 7.08. The molecular weight excluding hydrogens is 352 g/mol. The van der Waals surface area contributed by atoms with Crippen LogP contribution < -0.4 is 0 Å². The number of esters is 2. The minimum absolute atomic E-state index is 0.00769. The number of Topliss-reactive ketones (excluding diaryl/α,β-unsaturated/α-hetero) is 1. The molecular formula is C19H16N2O6. The number of pyridine rings is 2. The molecule has 2 atom stereocenters. The number of methoxy groups -OCH3 is 2. The summed E-state index contributed by atoms with van der Waals surface area (Å²) in [5.74, 6) is -4.62. The van der Waals surface area contributed by atoms with Crippen molar-refractivity contribution in [1.29, 1.82) is 0 Å². The van der Waals surface area contributed by atoms with Gasteiger partial charge in [-0.2, -0.15) is 0 Å². The molecule has 2 aromatic heterocycles. The first-order valence-corrected chi connectivity index (χ1v) is 7.97. The summed E-state index contributed by atoms with van der Waals surface area (Å²) in [5, 5.41) is 11.6. The lowest BCUT2D eigenvalue weighted by molar-refractivity contribution is -0.155. The number of carbonyl (C=O) groups is 3. The Hall–Kier alpha value is -3.39. The fraction of sp³-hybridized carbons (Fsp3) is 0.211. The van der Waals surface area contributed by atoms with E-state index >= 15 is 0 Å². The Morgan fingerprint density at radius 2 is 1.70 bits per heavy atom. The number of ketones is 1. The minimum atomic E-state index is -2.25. The third kappa shape index (κ3) is 2.80. The molecule has 27 heavy (non-hydrogen) atoms. The fourth-order valence-corrected chi connectivity index (χ4v) is 3.19. The molecule has 2 unspecified atom stereocenters. The standard InChI is InChI=1S/C19H16N2O6/c1-26-17(23)13-14(11-7-3-5-9-20-11)19(25,12-8-4-6-10-21-12)15(16(13)22)18(24)27-2/h3-10,15,25H,1-2H3. The lowest BCUT2D eigenvalue weighted by atomic mass is 9.81. The number of hydrogen-bond donors (Lipinski definition) is 1. The van der Waals surface area contributed by atoms with Gasteiger partial charge in [-0.3, -0.25) is 19.6 Å². The van der Waals surface area contributed by atoms with Gasteiger partial charge in [0.25, 0.3) is 0 Å². The summed E-state index contributed by atoms with van der Waals surface area (Å²) >= 11 is 0. The normalized spacial score (nSPS) is 21.9. The maximum absolute atomic E-state index is 13.0. The molecule has 8 nitrogen and oxygen atoms in total. The summed E-state index contributed by atoms with van der Waals surface area (Å²) < 4.78 is 9.44. The molecule has 0 saturated heterocycles. The molecule has 0 radical (unpaired) electrons. The van der Waals surface area contributed by atoms with Crippen molar-refractivity contribution >= 4 is 23.3 Å². The van der Waals surface area contributed by atoms with Crippen LogP contribution in [0.5, 0.6) is 0 Å². The molecule has 0 spiro atoms. The van der Waals surface area contributed by atoms with Crippen molar-refractivity contribution in [2.24, 2.45) is 5.92 Å². The molecule has 138 valence electrons. The van der Waals surface area contributed by atoms with E-state index < -0.39 is 34.8 Å². The van der Waals surface area contributed by atoms with Crippen molar-refractivity contribution in [2.45, 2.75) is 5.60 Å². The maximum Gasteiger partial charge on any atom is 0.342 e. The Labute approximate surface area is 154 Å². The largest absolute Gasteiger partial charge is 0.468 e. The van der Waals surface area contributed by atoms with Crippen molar-refractivity contribution in [3.63, 3.8) is 0 Å². The minimum Gasteiger partial charge on any atom is -0.468 e. The highest BCUT2D eigenvalue weighted by molar-refractivity contribution is 6.31. The summed E-state index contributed by atoms with van der Waals surface area (Å²) in [5.41, 5.74) is -2.70. The lowest BCUT2D eigenvalue weighted by Crippen LogP contribution is -2.42. The predicted octanol–water partition coefficient (Wildman–Crippen LogP) is 0.663. The second-order valence-electron chi connectivity index (χ2n) is 5.76. The van der Waals surface area contributed by atoms with E-state index in [9.17, 15) is 19.5 Å². The van der Waals surface area contributed by atoms with Gasteiger partial charge in [-0.15, -0.1) is 0 Å². The average molecular weight is 368 g/mol. The van der Waals surface area contributed by atoms with E-state index in [2.05, 4.69) is 9.97 Å². The zero-order valence-corrected chi connectivity index (χ0v) is 14.6. The first-order chi connectivity index (χ1) is 13.0. The molecule has 1 aliphatic carbocycles. The third-order valence-electron chi connectivity index (χ3n) is 4.36. The van der Waals surface area contributed by atoms with E-state index in [1.165, 1.54) is 24.5 Å². The lowest BCUT2D eigenvalue weighted by Gasteiger charge is -2.29. The van der Waals surface area contributed by atoms with Gasteiger partial charge >= 0.3 is 11.9 Å². The van der Waals surface area contributed by atoms with Crippen molar-refractivity contribution in [3.8, 4) is 0 Å². The maximum atomic E-state index is 13.0. The SMILES string of the molecule is COC(=O)C1=C(c2ccccn2)C(O)(c2ccccn2)C(C(=O)OC)C1=O. The zero-order chi connectivity index (χ0) is 19.6. The van der Waals surface area contributed by atoms with Crippen LogP contribution in [0.2, 0.25) is 0 Å². The first-order valence-electron chi connectivity index (χ1n) is 7.97. The van der Waals surface area contributed by atoms with Gasteiger partial charge in [0.1, 0.15) is 5.57 Å². The van der Waals surface area contributed by atoms with Gasteiger partial charge < -0.3 is 14.6 Å². The number of rotatable bonds is 4. The molecule has 3 rings (SSSR count). The Morgan fingerprint density at radius 1 is 1.04 bits per heavy atom. The summed E-state index contributed by atoms with van der Waals surface area (Å²) in [6.45, 7) is 0. The number of ether oxygens (including phenoxy) is 2. The number of hydrogen-bond acceptors (Lipinski definition) is 8. The van der Waals surface area contributed by atoms with Gasteiger partial charge in [0, 0.05) is 18.0 Å². The molecule has 1 aliphatic rings. The first kappa shape index (κ1) is 18.4. The third-order valence-corrected chi connectivity index (χ3v) is 4.36. The molecule has 8 heteroatoms. The van der Waals surface area contributed by atoms with Crippen molar-refractivity contribution < 1.29 is 29.0 Å². The van der Waals surface area contributed by atoms with Gasteiger partial charge in [0.05, 0.1) is 25.6 Å². The Balaban J connectivity index is 2.39. The van der Waals surface area contributed by atoms with Crippen molar-refractivity contribution in [3.05, 3.63) is 65.8 Å². The molecule has 0 fully saturated rings. The number of aliphatic hydroxyl groups is 1. The average Bonchev–Trinajstić information content (AvgIpc) is 2.96. The van der Waals surface area contributed by atoms with Crippen LogP contribution in [0.4, 0.5) is 0 Å². The predicted molar refractivity (Wildman–Crippen MR) is 91.8 cm³/mol. The quantitative estimate of drug-likeness (QED) is 0.475. The van der Waals surface area contributed by atoms with Crippen LogP contribution in [0.3, 0.4) is 0 Å². The topological polar surface area (TPSA) is 116 Å². The summed E-state index contributed by atoms with van der Waals surface area (Å²) in [6, 6.07) is 9.42. The summed E-state index contributed by atoms with van der Waals surface area (Å²) in [6.07, 6.45) is 2.84. The number of aromatic nitrogens is 2. The van der Waals surface area contributed by atoms with Crippen LogP contribution in [0.25, 0.3) is 5.57 Å². The van der Waals surface area contributed by atoms with Crippen LogP contribution in [0.15, 0.2) is 54.4 Å². The molecule has 1 N–H and O–H groups in total. The second-order valence-corrected chi connectivity index (χ2v) is 5.76. The molecule has 2 aromatic rings. The Bertz CT molecular complexity index is 926. The van der Waals surface area contributed by atoms with E-state index in [4.69, 9.17) is 9.47 Å². The number of nitrogens with zero attached hydrogens (tertiary/aromatic N) is 2. The van der Waals surface area contributed by atoms with E-state index in [0.717, 1.165) is 14.2 Å². The van der Waals surface area contributed by atoms with Gasteiger partial charge in [-0.25, -0.2) is 4.79 Å². The monoisotopic (exact) mass is 368 g/mol. The molecule has 0 saturated carbocycles. The van der Waals surface area contributed by atoms with Crippen LogP contribution in [-0.4, -0.2) is 47.0 Å². The van der Waals surface area contributed by atoms with Gasteiger partial charge in [0.2, 0.25) is 0 Å².